The number of benzene rings is 1. The fraction of sp³-hybridized carbons (Fsp3) is 0.533. The van der Waals surface area contributed by atoms with E-state index in [1.807, 2.05) is 25.1 Å². The van der Waals surface area contributed by atoms with Gasteiger partial charge >= 0.3 is 0 Å². The maximum absolute atomic E-state index is 12.4. The van der Waals surface area contributed by atoms with E-state index in [1.165, 1.54) is 19.3 Å². The van der Waals surface area contributed by atoms with Crippen molar-refractivity contribution in [2.24, 2.45) is 5.92 Å². The second-order valence-corrected chi connectivity index (χ2v) is 6.25. The number of carbonyl (C=O) groups excluding carboxylic acids is 1. The van der Waals surface area contributed by atoms with Crippen LogP contribution in [0, 0.1) is 12.8 Å². The predicted octanol–water partition coefficient (Wildman–Crippen LogP) is 4.33. The Balaban J connectivity index is 2.09. The monoisotopic (exact) mass is 343 g/mol. The highest BCUT2D eigenvalue weighted by atomic mass is 79.9. The predicted molar refractivity (Wildman–Crippen MR) is 83.2 cm³/mol. The number of amides is 1. The summed E-state index contributed by atoms with van der Waals surface area (Å²) >= 11 is 9.62. The zero-order valence-corrected chi connectivity index (χ0v) is 13.4. The summed E-state index contributed by atoms with van der Waals surface area (Å²) in [6.07, 6.45) is 4.72. The van der Waals surface area contributed by atoms with Crippen molar-refractivity contribution in [1.29, 1.82) is 0 Å². The molecule has 2 rings (SSSR count). The Morgan fingerprint density at radius 1 is 1.42 bits per heavy atom. The van der Waals surface area contributed by atoms with Gasteiger partial charge in [-0.1, -0.05) is 46.4 Å². The Hall–Kier alpha value is -0.540. The van der Waals surface area contributed by atoms with Crippen LogP contribution in [-0.2, 0) is 0 Å². The molecule has 1 aromatic rings. The lowest BCUT2D eigenvalue weighted by molar-refractivity contribution is 0.0911. The number of halogens is 2. The van der Waals surface area contributed by atoms with E-state index in [0.29, 0.717) is 16.5 Å². The minimum Gasteiger partial charge on any atom is -0.349 e. The van der Waals surface area contributed by atoms with E-state index in [0.717, 1.165) is 17.3 Å². The molecule has 0 aromatic heterocycles. The topological polar surface area (TPSA) is 29.1 Å². The Morgan fingerprint density at radius 2 is 2.16 bits per heavy atom. The molecule has 1 aliphatic carbocycles. The lowest BCUT2D eigenvalue weighted by atomic mass is 9.85. The van der Waals surface area contributed by atoms with Gasteiger partial charge in [-0.15, -0.1) is 0 Å². The first-order valence-corrected chi connectivity index (χ1v) is 8.25. The fourth-order valence-electron chi connectivity index (χ4n) is 2.68. The van der Waals surface area contributed by atoms with Crippen molar-refractivity contribution in [3.63, 3.8) is 0 Å². The van der Waals surface area contributed by atoms with Gasteiger partial charge in [-0.25, -0.2) is 0 Å². The molecule has 2 atom stereocenters. The van der Waals surface area contributed by atoms with Crippen LogP contribution in [0.25, 0.3) is 0 Å². The minimum atomic E-state index is -0.00199. The average molecular weight is 345 g/mol. The van der Waals surface area contributed by atoms with Crippen LogP contribution in [0.3, 0.4) is 0 Å². The summed E-state index contributed by atoms with van der Waals surface area (Å²) in [7, 11) is 0. The van der Waals surface area contributed by atoms with Gasteiger partial charge in [0.1, 0.15) is 0 Å². The average Bonchev–Trinajstić information content (AvgIpc) is 2.42. The van der Waals surface area contributed by atoms with Gasteiger partial charge in [0.15, 0.2) is 0 Å². The van der Waals surface area contributed by atoms with Crippen LogP contribution in [0.4, 0.5) is 0 Å². The highest BCUT2D eigenvalue weighted by molar-refractivity contribution is 9.09. The zero-order valence-electron chi connectivity index (χ0n) is 11.1. The molecular formula is C15H19BrClNO. The van der Waals surface area contributed by atoms with E-state index in [-0.39, 0.29) is 11.9 Å². The van der Waals surface area contributed by atoms with Crippen LogP contribution in [0.1, 0.15) is 41.6 Å². The van der Waals surface area contributed by atoms with Crippen molar-refractivity contribution in [3.05, 3.63) is 34.3 Å². The van der Waals surface area contributed by atoms with E-state index in [2.05, 4.69) is 21.2 Å². The standard InChI is InChI=1S/C15H19BrClNO/c1-10-12(6-4-7-13(10)17)15(19)18-14-8-3-2-5-11(14)9-16/h4,6-7,11,14H,2-3,5,8-9H2,1H3,(H,18,19). The van der Waals surface area contributed by atoms with E-state index in [4.69, 9.17) is 11.6 Å². The van der Waals surface area contributed by atoms with E-state index >= 15 is 0 Å². The summed E-state index contributed by atoms with van der Waals surface area (Å²) in [6, 6.07) is 5.75. The van der Waals surface area contributed by atoms with E-state index < -0.39 is 0 Å². The number of hydrogen-bond acceptors (Lipinski definition) is 1. The van der Waals surface area contributed by atoms with Crippen LogP contribution in [0.5, 0.6) is 0 Å². The van der Waals surface area contributed by atoms with Crippen molar-refractivity contribution in [2.45, 2.75) is 38.6 Å². The highest BCUT2D eigenvalue weighted by Gasteiger charge is 2.26. The van der Waals surface area contributed by atoms with Gasteiger partial charge in [0.25, 0.3) is 5.91 Å². The molecule has 1 saturated carbocycles. The number of alkyl halides is 1. The first-order chi connectivity index (χ1) is 9.13. The third-order valence-corrected chi connectivity index (χ3v) is 5.18. The smallest absolute Gasteiger partial charge is 0.251 e. The zero-order chi connectivity index (χ0) is 13.8. The van der Waals surface area contributed by atoms with Crippen LogP contribution in [-0.4, -0.2) is 17.3 Å². The number of carbonyl (C=O) groups is 1. The SMILES string of the molecule is Cc1c(Cl)cccc1C(=O)NC1CCCCC1CBr. The molecule has 1 N–H and O–H groups in total. The molecule has 0 heterocycles. The Kier molecular flexibility index (Phi) is 5.28. The van der Waals surface area contributed by atoms with Crippen molar-refractivity contribution in [1.82, 2.24) is 5.32 Å². The van der Waals surface area contributed by atoms with Gasteiger partial charge in [-0.05, 0) is 43.4 Å². The summed E-state index contributed by atoms with van der Waals surface area (Å²) in [5.41, 5.74) is 1.54. The van der Waals surface area contributed by atoms with Crippen LogP contribution in [0.15, 0.2) is 18.2 Å². The normalized spacial score (nSPS) is 23.1. The molecule has 0 bridgehead atoms. The maximum atomic E-state index is 12.4. The molecule has 2 unspecified atom stereocenters. The van der Waals surface area contributed by atoms with E-state index in [9.17, 15) is 4.79 Å². The van der Waals surface area contributed by atoms with Crippen LogP contribution in [0.2, 0.25) is 5.02 Å². The molecule has 0 aliphatic heterocycles. The van der Waals surface area contributed by atoms with Crippen molar-refractivity contribution in [3.8, 4) is 0 Å². The van der Waals surface area contributed by atoms with E-state index in [1.54, 1.807) is 0 Å². The highest BCUT2D eigenvalue weighted by Crippen LogP contribution is 2.26. The van der Waals surface area contributed by atoms with Gasteiger partial charge in [-0.3, -0.25) is 4.79 Å². The molecule has 0 spiro atoms. The summed E-state index contributed by atoms with van der Waals surface area (Å²) in [4.78, 5) is 12.4. The summed E-state index contributed by atoms with van der Waals surface area (Å²) in [5, 5.41) is 4.77. The Labute approximate surface area is 128 Å². The molecule has 1 fully saturated rings. The van der Waals surface area contributed by atoms with Gasteiger partial charge in [0.05, 0.1) is 0 Å². The second kappa shape index (κ2) is 6.76. The molecule has 104 valence electrons. The number of hydrogen-bond donors (Lipinski definition) is 1. The van der Waals surface area contributed by atoms with Gasteiger partial charge in [0.2, 0.25) is 0 Å². The molecule has 4 heteroatoms. The molecule has 1 amide bonds. The Morgan fingerprint density at radius 3 is 2.89 bits per heavy atom. The minimum absolute atomic E-state index is 0.00199. The molecule has 0 radical (unpaired) electrons. The van der Waals surface area contributed by atoms with Gasteiger partial charge < -0.3 is 5.32 Å². The first kappa shape index (κ1) is 14.9. The van der Waals surface area contributed by atoms with Crippen molar-refractivity contribution >= 4 is 33.4 Å². The molecule has 2 nitrogen and oxygen atoms in total. The molecule has 1 aromatic carbocycles. The summed E-state index contributed by atoms with van der Waals surface area (Å²) < 4.78 is 0. The lowest BCUT2D eigenvalue weighted by Gasteiger charge is -2.31. The molecule has 1 aliphatic rings. The lowest BCUT2D eigenvalue weighted by Crippen LogP contribution is -2.42. The van der Waals surface area contributed by atoms with Crippen molar-refractivity contribution in [2.75, 3.05) is 5.33 Å². The number of nitrogens with one attached hydrogen (secondary N) is 1. The fourth-order valence-corrected chi connectivity index (χ4v) is 3.63. The first-order valence-electron chi connectivity index (χ1n) is 6.75. The summed E-state index contributed by atoms with van der Waals surface area (Å²) in [6.45, 7) is 1.89. The van der Waals surface area contributed by atoms with Crippen molar-refractivity contribution < 1.29 is 4.79 Å². The summed E-state index contributed by atoms with van der Waals surface area (Å²) in [5.74, 6) is 0.537. The molecule has 0 saturated heterocycles. The molecule has 19 heavy (non-hydrogen) atoms. The molecular weight excluding hydrogens is 326 g/mol. The third kappa shape index (κ3) is 3.51. The van der Waals surface area contributed by atoms with Crippen LogP contribution >= 0.6 is 27.5 Å². The third-order valence-electron chi connectivity index (χ3n) is 3.94. The van der Waals surface area contributed by atoms with Gasteiger partial charge in [0, 0.05) is 22.0 Å². The Bertz CT molecular complexity index is 463. The number of rotatable bonds is 3. The second-order valence-electron chi connectivity index (χ2n) is 5.19. The maximum Gasteiger partial charge on any atom is 0.251 e. The quantitative estimate of drug-likeness (QED) is 0.812. The largest absolute Gasteiger partial charge is 0.349 e. The van der Waals surface area contributed by atoms with Gasteiger partial charge in [-0.2, -0.15) is 0 Å². The van der Waals surface area contributed by atoms with Crippen LogP contribution < -0.4 is 5.32 Å².